The fourth-order valence-corrected chi connectivity index (χ4v) is 15.3. The van der Waals surface area contributed by atoms with Crippen molar-refractivity contribution in [3.63, 3.8) is 0 Å². The van der Waals surface area contributed by atoms with E-state index in [-0.39, 0.29) is 48.9 Å². The second-order valence-electron chi connectivity index (χ2n) is 19.1. The number of rotatable bonds is 24. The Morgan fingerprint density at radius 1 is 0.545 bits per heavy atom. The van der Waals surface area contributed by atoms with Gasteiger partial charge >= 0.3 is 0 Å². The molecule has 0 radical (unpaired) electrons. The number of nitrogens with zero attached hydrogens (tertiary/aromatic N) is 13. The van der Waals surface area contributed by atoms with E-state index in [0.717, 1.165) is 57.9 Å². The van der Waals surface area contributed by atoms with Crippen molar-refractivity contribution < 1.29 is 48.4 Å². The number of fused-ring (bicyclic) bond motifs is 2. The normalized spacial score (nSPS) is 12.3. The van der Waals surface area contributed by atoms with Gasteiger partial charge in [-0.15, -0.1) is 20.5 Å². The number of hydrogen-bond donors (Lipinski definition) is 5. The minimum absolute atomic E-state index is 0.00997. The van der Waals surface area contributed by atoms with E-state index >= 15 is 0 Å². The molecule has 34 heteroatoms. The number of hydrogen-bond acceptors (Lipinski definition) is 28. The number of aromatic nitrogens is 7. The standard InChI is InChI=1S/C54H53N15O11S8/c1-9-68(10-2)38-23-34(36(25-40(38)79-7)60-62-48-44-46(64-84-50(44)66-82-48)31-18-16-28(5)42(21-31)87(73,74)75)55-52-57-53(59-54(58-52)81-27-30-14-13-15-33(20-30)86(70,71)72)56-35-24-39(69(11-3)12-4)41(80-8)26-37(35)61-63-49-45-47(65-85-51(45)67-83-49)32-19-17-29(6)43(22-32)88(76,77)78/h13-26H,9-12,27H2,1-8H3,(H,70,71,72)(H,73,74,75)(H,76,77,78)(H2,55,56,57,58,59)/b62-60+,63-61+. The first kappa shape index (κ1) is 63.3. The van der Waals surface area contributed by atoms with Crippen LogP contribution in [-0.4, -0.2) is 112 Å². The van der Waals surface area contributed by atoms with Gasteiger partial charge in [0.05, 0.1) is 73.8 Å². The lowest BCUT2D eigenvalue weighted by Gasteiger charge is -2.25. The Hall–Kier alpha value is -7.77. The third-order valence-electron chi connectivity index (χ3n) is 13.7. The average Bonchev–Trinajstić information content (AvgIpc) is 2.19. The van der Waals surface area contributed by atoms with Crippen molar-refractivity contribution in [2.24, 2.45) is 20.5 Å². The van der Waals surface area contributed by atoms with Crippen molar-refractivity contribution in [2.45, 2.75) is 67.1 Å². The molecule has 10 aromatic rings. The van der Waals surface area contributed by atoms with Crippen LogP contribution in [0.3, 0.4) is 0 Å². The van der Waals surface area contributed by atoms with Gasteiger partial charge in [0.1, 0.15) is 22.9 Å². The summed E-state index contributed by atoms with van der Waals surface area (Å²) in [6.07, 6.45) is 0. The van der Waals surface area contributed by atoms with Crippen molar-refractivity contribution in [2.75, 3.05) is 60.8 Å². The van der Waals surface area contributed by atoms with Crippen LogP contribution in [0.2, 0.25) is 0 Å². The number of ether oxygens (including phenoxy) is 2. The van der Waals surface area contributed by atoms with E-state index in [1.165, 1.54) is 44.6 Å². The van der Waals surface area contributed by atoms with E-state index in [4.69, 9.17) is 44.9 Å². The summed E-state index contributed by atoms with van der Waals surface area (Å²) >= 11 is 5.44. The third kappa shape index (κ3) is 13.6. The van der Waals surface area contributed by atoms with Crippen molar-refractivity contribution in [3.8, 4) is 34.0 Å². The fraction of sp³-hybridized carbons (Fsp3) is 0.241. The summed E-state index contributed by atoms with van der Waals surface area (Å²) in [5.41, 5.74) is 5.45. The number of aryl methyl sites for hydroxylation is 2. The minimum atomic E-state index is -4.56. The van der Waals surface area contributed by atoms with Crippen LogP contribution >= 0.6 is 57.9 Å². The van der Waals surface area contributed by atoms with Crippen LogP contribution in [-0.2, 0) is 36.1 Å². The maximum absolute atomic E-state index is 12.3. The zero-order valence-electron chi connectivity index (χ0n) is 47.8. The lowest BCUT2D eigenvalue weighted by molar-refractivity contribution is 0.414. The zero-order chi connectivity index (χ0) is 62.8. The van der Waals surface area contributed by atoms with Crippen LogP contribution in [0.15, 0.2) is 125 Å². The quantitative estimate of drug-likeness (QED) is 0.0213. The Balaban J connectivity index is 1.09. The lowest BCUT2D eigenvalue weighted by atomic mass is 10.1. The fourth-order valence-electron chi connectivity index (χ4n) is 9.26. The molecule has 0 fully saturated rings. The van der Waals surface area contributed by atoms with Gasteiger partial charge in [-0.05, 0) is 141 Å². The predicted octanol–water partition coefficient (Wildman–Crippen LogP) is 14.0. The number of nitrogens with one attached hydrogen (secondary N) is 2. The number of thioether (sulfide) groups is 1. The van der Waals surface area contributed by atoms with Gasteiger partial charge in [0.2, 0.25) is 11.9 Å². The highest BCUT2D eigenvalue weighted by molar-refractivity contribution is 7.98. The van der Waals surface area contributed by atoms with Gasteiger partial charge in [0.15, 0.2) is 24.8 Å². The van der Waals surface area contributed by atoms with Gasteiger partial charge in [-0.2, -0.15) is 57.7 Å². The SMILES string of the molecule is CCN(CC)c1cc(Nc2nc(Nc3cc(N(CC)CC)c(OC)cc3/N=N/c3snc4snc(-c5ccc(C)c(S(=O)(=O)O)c5)c34)nc(SCc3cccc(S(=O)(=O)O)c3)n2)c(/N=N/c2snc3snc(-c4ccc(C)c(S(=O)(=O)O)c4)c23)cc1OC. The highest BCUT2D eigenvalue weighted by atomic mass is 32.2. The smallest absolute Gasteiger partial charge is 0.294 e. The van der Waals surface area contributed by atoms with E-state index < -0.39 is 30.4 Å². The van der Waals surface area contributed by atoms with E-state index in [9.17, 15) is 38.9 Å². The van der Waals surface area contributed by atoms with Crippen molar-refractivity contribution in [1.82, 2.24) is 32.4 Å². The zero-order valence-corrected chi connectivity index (χ0v) is 54.3. The molecule has 10 rings (SSSR count). The van der Waals surface area contributed by atoms with E-state index in [2.05, 4.69) is 37.9 Å². The number of anilines is 6. The maximum atomic E-state index is 12.3. The van der Waals surface area contributed by atoms with Crippen LogP contribution in [0.25, 0.3) is 42.9 Å². The van der Waals surface area contributed by atoms with Gasteiger partial charge in [-0.3, -0.25) is 13.7 Å². The molecule has 0 aliphatic heterocycles. The molecule has 5 aromatic carbocycles. The Bertz CT molecular complexity index is 4470. The van der Waals surface area contributed by atoms with Crippen LogP contribution in [0.5, 0.6) is 11.5 Å². The highest BCUT2D eigenvalue weighted by Crippen LogP contribution is 2.47. The molecule has 0 saturated heterocycles. The van der Waals surface area contributed by atoms with Gasteiger partial charge in [0, 0.05) is 55.2 Å². The van der Waals surface area contributed by atoms with Crippen molar-refractivity contribution >= 4 is 165 Å². The molecule has 0 unspecified atom stereocenters. The molecular weight excluding hydrogens is 1290 g/mol. The van der Waals surface area contributed by atoms with Gasteiger partial charge < -0.3 is 29.9 Å². The topological polar surface area (TPSA) is 352 Å². The summed E-state index contributed by atoms with van der Waals surface area (Å²) in [6, 6.07) is 22.1. The van der Waals surface area contributed by atoms with Gasteiger partial charge in [0.25, 0.3) is 30.4 Å². The highest BCUT2D eigenvalue weighted by Gasteiger charge is 2.25. The van der Waals surface area contributed by atoms with Crippen LogP contribution in [0.4, 0.5) is 56.0 Å². The summed E-state index contributed by atoms with van der Waals surface area (Å²) in [6.45, 7) is 13.5. The Morgan fingerprint density at radius 3 is 1.41 bits per heavy atom. The first-order valence-corrected chi connectivity index (χ1v) is 34.9. The third-order valence-corrected chi connectivity index (χ3v) is 20.6. The molecule has 0 aliphatic carbocycles. The second-order valence-corrected chi connectivity index (χ2v) is 27.2. The molecular formula is C54H53N15O11S8. The molecule has 88 heavy (non-hydrogen) atoms. The summed E-state index contributed by atoms with van der Waals surface area (Å²) in [5.74, 6) is 1.09. The minimum Gasteiger partial charge on any atom is -0.494 e. The van der Waals surface area contributed by atoms with E-state index in [1.807, 2.05) is 39.8 Å². The first-order valence-electron chi connectivity index (χ1n) is 26.5. The number of azo groups is 2. The Kier molecular flexibility index (Phi) is 18.8. The van der Waals surface area contributed by atoms with Crippen molar-refractivity contribution in [3.05, 3.63) is 102 Å². The molecule has 0 saturated carbocycles. The average molecular weight is 1340 g/mol. The monoisotopic (exact) mass is 1340 g/mol. The molecule has 0 amide bonds. The Morgan fingerprint density at radius 2 is 1.00 bits per heavy atom. The first-order chi connectivity index (χ1) is 42.0. The molecule has 5 aromatic heterocycles. The summed E-state index contributed by atoms with van der Waals surface area (Å²) < 4.78 is 134. The molecule has 5 N–H and O–H groups in total. The molecule has 458 valence electrons. The van der Waals surface area contributed by atoms with Crippen LogP contribution in [0, 0.1) is 13.8 Å². The molecule has 5 heterocycles. The summed E-state index contributed by atoms with van der Waals surface area (Å²) in [5, 5.41) is 27.5. The van der Waals surface area contributed by atoms with E-state index in [0.29, 0.717) is 130 Å². The van der Waals surface area contributed by atoms with Gasteiger partial charge in [-0.1, -0.05) is 48.2 Å². The number of benzene rings is 5. The second kappa shape index (κ2) is 26.1. The number of methoxy groups -OCH3 is 2. The van der Waals surface area contributed by atoms with Gasteiger partial charge in [-0.25, -0.2) is 0 Å². The lowest BCUT2D eigenvalue weighted by Crippen LogP contribution is -2.22. The van der Waals surface area contributed by atoms with E-state index in [1.54, 1.807) is 56.3 Å². The molecule has 26 nitrogen and oxygen atoms in total. The maximum Gasteiger partial charge on any atom is 0.294 e. The molecule has 0 aliphatic rings. The molecule has 0 atom stereocenters. The molecule has 0 bridgehead atoms. The molecule has 0 spiro atoms. The largest absolute Gasteiger partial charge is 0.494 e. The van der Waals surface area contributed by atoms with Crippen LogP contribution in [0.1, 0.15) is 44.4 Å². The van der Waals surface area contributed by atoms with Crippen LogP contribution < -0.4 is 29.9 Å². The summed E-state index contributed by atoms with van der Waals surface area (Å²) in [7, 11) is -10.6. The predicted molar refractivity (Wildman–Crippen MR) is 344 cm³/mol. The Labute approximate surface area is 525 Å². The summed E-state index contributed by atoms with van der Waals surface area (Å²) in [4.78, 5) is 19.0. The van der Waals surface area contributed by atoms with Crippen molar-refractivity contribution in [1.29, 1.82) is 0 Å².